The summed E-state index contributed by atoms with van der Waals surface area (Å²) in [5.41, 5.74) is -2.00. The van der Waals surface area contributed by atoms with Gasteiger partial charge in [-0.25, -0.2) is 26.6 Å². The number of aromatic amines is 1. The monoisotopic (exact) mass is 594 g/mol. The number of rotatable bonds is 7. The molecule has 0 bridgehead atoms. The molecule has 1 atom stereocenters. The van der Waals surface area contributed by atoms with Crippen LogP contribution in [0.2, 0.25) is 5.02 Å². The Hall–Kier alpha value is -3.88. The van der Waals surface area contributed by atoms with Crippen LogP contribution in [0.1, 0.15) is 16.9 Å². The van der Waals surface area contributed by atoms with Crippen LogP contribution in [0.4, 0.5) is 18.9 Å². The predicted molar refractivity (Wildman–Crippen MR) is 141 cm³/mol. The molecule has 15 heteroatoms. The largest absolute Gasteiger partial charge is 0.480 e. The Morgan fingerprint density at radius 2 is 1.95 bits per heavy atom. The van der Waals surface area contributed by atoms with Crippen LogP contribution in [-0.2, 0) is 10.0 Å². The summed E-state index contributed by atoms with van der Waals surface area (Å²) in [7, 11) is -1.46. The molecule has 0 saturated carbocycles. The van der Waals surface area contributed by atoms with Gasteiger partial charge in [-0.15, -0.1) is 0 Å². The summed E-state index contributed by atoms with van der Waals surface area (Å²) in [5, 5.41) is 9.35. The maximum atomic E-state index is 15.6. The van der Waals surface area contributed by atoms with Gasteiger partial charge in [0.1, 0.15) is 11.3 Å². The highest BCUT2D eigenvalue weighted by molar-refractivity contribution is 7.92. The molecule has 5 rings (SSSR count). The molecule has 2 aromatic heterocycles. The highest BCUT2D eigenvalue weighted by Crippen LogP contribution is 2.35. The molecule has 0 radical (unpaired) electrons. The van der Waals surface area contributed by atoms with Gasteiger partial charge in [0, 0.05) is 41.4 Å². The van der Waals surface area contributed by atoms with E-state index in [-0.39, 0.29) is 39.1 Å². The molecule has 0 spiro atoms. The average Bonchev–Trinajstić information content (AvgIpc) is 3.52. The number of ether oxygens (including phenoxy) is 1. The molecule has 2 aromatic carbocycles. The smallest absolute Gasteiger partial charge is 0.272 e. The number of fused-ring (bicyclic) bond motifs is 1. The number of benzene rings is 2. The van der Waals surface area contributed by atoms with Crippen molar-refractivity contribution in [2.24, 2.45) is 0 Å². The molecule has 0 unspecified atom stereocenters. The van der Waals surface area contributed by atoms with Crippen LogP contribution in [0.25, 0.3) is 22.0 Å². The normalized spacial score (nSPS) is 15.9. The number of hydrogen-bond acceptors (Lipinski definition) is 7. The quantitative estimate of drug-likeness (QED) is 0.296. The van der Waals surface area contributed by atoms with E-state index in [0.29, 0.717) is 12.6 Å². The van der Waals surface area contributed by atoms with E-state index in [4.69, 9.17) is 16.3 Å². The number of pyridine rings is 1. The highest BCUT2D eigenvalue weighted by Gasteiger charge is 2.27. The number of carbonyl (C=O) groups is 1. The standard InChI is InChI=1S/C25H22ClF3N6O4S/c1-35-6-5-14(11-35)31-24(36)23-16-4-3-15(21(29)22(16)32-33-23)17-8-13(27)9-18(20(17)28)34-40(37,38)19-7-12(26)10-30-25(19)39-2/h3-4,7-10,14,34H,5-6,11H2,1-2H3,(H,31,36)(H,32,33)/t14-/m1/s1. The van der Waals surface area contributed by atoms with E-state index < -0.39 is 49.5 Å². The Morgan fingerprint density at radius 1 is 1.18 bits per heavy atom. The lowest BCUT2D eigenvalue weighted by molar-refractivity contribution is 0.0935. The molecule has 1 aliphatic heterocycles. The molecule has 3 heterocycles. The van der Waals surface area contributed by atoms with Gasteiger partial charge in [0.25, 0.3) is 15.9 Å². The number of halogens is 4. The molecule has 1 amide bonds. The van der Waals surface area contributed by atoms with Gasteiger partial charge in [0.15, 0.2) is 22.2 Å². The van der Waals surface area contributed by atoms with Crippen molar-refractivity contribution in [2.75, 3.05) is 32.0 Å². The Balaban J connectivity index is 1.50. The maximum absolute atomic E-state index is 15.6. The van der Waals surface area contributed by atoms with Crippen LogP contribution >= 0.6 is 11.6 Å². The minimum atomic E-state index is -4.57. The number of nitrogens with zero attached hydrogens (tertiary/aromatic N) is 3. The van der Waals surface area contributed by atoms with Gasteiger partial charge < -0.3 is 15.0 Å². The first-order valence-electron chi connectivity index (χ1n) is 11.9. The molecule has 40 heavy (non-hydrogen) atoms. The van der Waals surface area contributed by atoms with Crippen LogP contribution in [0.15, 0.2) is 41.4 Å². The molecule has 4 aromatic rings. The fourth-order valence-electron chi connectivity index (χ4n) is 4.56. The van der Waals surface area contributed by atoms with E-state index in [9.17, 15) is 17.6 Å². The summed E-state index contributed by atoms with van der Waals surface area (Å²) in [5.74, 6) is -4.14. The lowest BCUT2D eigenvalue weighted by Crippen LogP contribution is -2.36. The van der Waals surface area contributed by atoms with E-state index in [2.05, 4.69) is 25.4 Å². The fourth-order valence-corrected chi connectivity index (χ4v) is 5.97. The summed E-state index contributed by atoms with van der Waals surface area (Å²) in [6, 6.07) is 4.78. The number of methoxy groups -OCH3 is 1. The van der Waals surface area contributed by atoms with Crippen molar-refractivity contribution in [3.63, 3.8) is 0 Å². The molecular formula is C25H22ClF3N6O4S. The van der Waals surface area contributed by atoms with Crippen molar-refractivity contribution >= 4 is 44.1 Å². The minimum Gasteiger partial charge on any atom is -0.480 e. The van der Waals surface area contributed by atoms with Crippen LogP contribution in [0, 0.1) is 17.5 Å². The van der Waals surface area contributed by atoms with E-state index >= 15 is 8.78 Å². The van der Waals surface area contributed by atoms with Crippen LogP contribution in [0.5, 0.6) is 5.88 Å². The molecule has 1 saturated heterocycles. The minimum absolute atomic E-state index is 0.0415. The van der Waals surface area contributed by atoms with Crippen LogP contribution < -0.4 is 14.8 Å². The third kappa shape index (κ3) is 5.17. The lowest BCUT2D eigenvalue weighted by Gasteiger charge is -2.14. The number of H-pyrrole nitrogens is 1. The number of amides is 1. The highest BCUT2D eigenvalue weighted by atomic mass is 35.5. The Labute approximate surface area is 231 Å². The van der Waals surface area contributed by atoms with Crippen molar-refractivity contribution in [3.8, 4) is 17.0 Å². The molecule has 3 N–H and O–H groups in total. The molecular weight excluding hydrogens is 573 g/mol. The van der Waals surface area contributed by atoms with E-state index in [0.717, 1.165) is 37.4 Å². The Kier molecular flexibility index (Phi) is 7.33. The number of aromatic nitrogens is 3. The first-order chi connectivity index (χ1) is 19.0. The van der Waals surface area contributed by atoms with Gasteiger partial charge in [-0.1, -0.05) is 17.7 Å². The van der Waals surface area contributed by atoms with Gasteiger partial charge in [0.05, 0.1) is 17.8 Å². The molecule has 1 aliphatic rings. The van der Waals surface area contributed by atoms with Crippen molar-refractivity contribution in [1.82, 2.24) is 25.4 Å². The summed E-state index contributed by atoms with van der Waals surface area (Å²) in [6.45, 7) is 1.49. The van der Waals surface area contributed by atoms with Gasteiger partial charge in [-0.05, 0) is 38.2 Å². The SMILES string of the molecule is COc1ncc(Cl)cc1S(=O)(=O)Nc1cc(F)cc(-c2ccc3c(C(=O)N[C@@H]4CCN(C)C4)n[nH]c3c2F)c1F. The van der Waals surface area contributed by atoms with Crippen molar-refractivity contribution in [2.45, 2.75) is 17.4 Å². The summed E-state index contributed by atoms with van der Waals surface area (Å²) in [6.07, 6.45) is 1.91. The topological polar surface area (TPSA) is 129 Å². The van der Waals surface area contributed by atoms with Crippen LogP contribution in [-0.4, -0.2) is 67.7 Å². The predicted octanol–water partition coefficient (Wildman–Crippen LogP) is 3.94. The number of likely N-dealkylation sites (N-methyl/N-ethyl adjacent to an activating group) is 1. The number of anilines is 1. The van der Waals surface area contributed by atoms with Crippen molar-refractivity contribution in [1.29, 1.82) is 0 Å². The third-order valence-electron chi connectivity index (χ3n) is 6.46. The average molecular weight is 595 g/mol. The van der Waals surface area contributed by atoms with Crippen LogP contribution in [0.3, 0.4) is 0 Å². The molecule has 210 valence electrons. The fraction of sp³-hybridized carbons (Fsp3) is 0.240. The van der Waals surface area contributed by atoms with Crippen molar-refractivity contribution in [3.05, 3.63) is 64.7 Å². The van der Waals surface area contributed by atoms with Gasteiger partial charge in [0.2, 0.25) is 5.88 Å². The molecule has 1 fully saturated rings. The number of sulfonamides is 1. The zero-order chi connectivity index (χ0) is 28.8. The number of likely N-dealkylation sites (tertiary alicyclic amines) is 1. The van der Waals surface area contributed by atoms with Gasteiger partial charge in [-0.2, -0.15) is 5.10 Å². The van der Waals surface area contributed by atoms with Gasteiger partial charge in [-0.3, -0.25) is 14.6 Å². The Morgan fingerprint density at radius 3 is 2.65 bits per heavy atom. The second kappa shape index (κ2) is 10.6. The first kappa shape index (κ1) is 27.7. The third-order valence-corrected chi connectivity index (χ3v) is 8.02. The number of nitrogens with one attached hydrogen (secondary N) is 3. The molecule has 10 nitrogen and oxygen atoms in total. The zero-order valence-electron chi connectivity index (χ0n) is 21.1. The summed E-state index contributed by atoms with van der Waals surface area (Å²) < 4.78 is 78.7. The van der Waals surface area contributed by atoms with E-state index in [1.165, 1.54) is 13.2 Å². The number of carbonyl (C=O) groups excluding carboxylic acids is 1. The summed E-state index contributed by atoms with van der Waals surface area (Å²) in [4.78, 5) is 18.1. The van der Waals surface area contributed by atoms with Crippen molar-refractivity contribution < 1.29 is 31.1 Å². The zero-order valence-corrected chi connectivity index (χ0v) is 22.6. The summed E-state index contributed by atoms with van der Waals surface area (Å²) >= 11 is 5.86. The molecule has 0 aliphatic carbocycles. The van der Waals surface area contributed by atoms with E-state index in [1.807, 2.05) is 11.8 Å². The number of hydrogen-bond donors (Lipinski definition) is 3. The second-order valence-corrected chi connectivity index (χ2v) is 11.3. The Bertz CT molecular complexity index is 1750. The van der Waals surface area contributed by atoms with E-state index in [1.54, 1.807) is 0 Å². The second-order valence-electron chi connectivity index (χ2n) is 9.22. The first-order valence-corrected chi connectivity index (χ1v) is 13.7. The lowest BCUT2D eigenvalue weighted by atomic mass is 10.0. The van der Waals surface area contributed by atoms with Gasteiger partial charge >= 0.3 is 0 Å². The maximum Gasteiger partial charge on any atom is 0.272 e.